The first-order valence-corrected chi connectivity index (χ1v) is 16.6. The van der Waals surface area contributed by atoms with Crippen LogP contribution < -0.4 is 9.64 Å². The van der Waals surface area contributed by atoms with Gasteiger partial charge in [-0.3, -0.25) is 9.59 Å². The van der Waals surface area contributed by atoms with Crippen LogP contribution in [0.4, 0.5) is 10.2 Å². The quantitative estimate of drug-likeness (QED) is 0.375. The first-order chi connectivity index (χ1) is 21.1. The third kappa shape index (κ3) is 6.19. The molecule has 0 radical (unpaired) electrons. The number of Topliss-reactive ketones (excluding diaryl/α,β-unsaturated/α-hetero) is 1. The molecule has 0 N–H and O–H groups in total. The zero-order valence-electron chi connectivity index (χ0n) is 26.7. The van der Waals surface area contributed by atoms with Gasteiger partial charge >= 0.3 is 0 Å². The van der Waals surface area contributed by atoms with Crippen molar-refractivity contribution in [1.29, 1.82) is 0 Å². The topological polar surface area (TPSA) is 91.8 Å². The van der Waals surface area contributed by atoms with Crippen molar-refractivity contribution in [1.82, 2.24) is 25.0 Å². The van der Waals surface area contributed by atoms with Gasteiger partial charge in [0.15, 0.2) is 5.82 Å². The smallest absolute Gasteiger partial charge is 0.282 e. The lowest BCUT2D eigenvalue weighted by molar-refractivity contribution is -0.120. The van der Waals surface area contributed by atoms with E-state index in [4.69, 9.17) is 4.74 Å². The van der Waals surface area contributed by atoms with Gasteiger partial charge in [-0.1, -0.05) is 6.92 Å². The fraction of sp³-hybridized carbons (Fsp3) is 0.676. The lowest BCUT2D eigenvalue weighted by atomic mass is 9.68. The minimum absolute atomic E-state index is 0.0383. The highest BCUT2D eigenvalue weighted by Crippen LogP contribution is 2.51. The zero-order valence-corrected chi connectivity index (χ0v) is 26.7. The summed E-state index contributed by atoms with van der Waals surface area (Å²) in [6.45, 7) is 13.5. The monoisotopic (exact) mass is 606 g/mol. The van der Waals surface area contributed by atoms with E-state index in [2.05, 4.69) is 31.9 Å². The number of benzene rings is 1. The molecule has 2 spiro atoms. The predicted octanol–water partition coefficient (Wildman–Crippen LogP) is 5.75. The van der Waals surface area contributed by atoms with E-state index in [0.29, 0.717) is 23.6 Å². The number of hydrogen-bond donors (Lipinski definition) is 0. The van der Waals surface area contributed by atoms with Crippen molar-refractivity contribution in [3.8, 4) is 11.6 Å². The van der Waals surface area contributed by atoms with Crippen LogP contribution in [0.15, 0.2) is 24.5 Å². The predicted molar refractivity (Wildman–Crippen MR) is 166 cm³/mol. The average molecular weight is 607 g/mol. The van der Waals surface area contributed by atoms with E-state index in [0.717, 1.165) is 57.8 Å². The Kier molecular flexibility index (Phi) is 8.65. The number of ketones is 1. The number of anilines is 1. The molecule has 9 nitrogen and oxygen atoms in total. The van der Waals surface area contributed by atoms with Crippen LogP contribution in [0, 0.1) is 28.5 Å². The molecule has 6 rings (SSSR count). The fourth-order valence-corrected chi connectivity index (χ4v) is 8.34. The Hall–Kier alpha value is -3.14. The largest absolute Gasteiger partial charge is 0.434 e. The van der Waals surface area contributed by atoms with Gasteiger partial charge in [0.1, 0.15) is 23.7 Å². The Morgan fingerprint density at radius 3 is 2.50 bits per heavy atom. The number of aromatic nitrogens is 3. The molecule has 2 saturated heterocycles. The number of halogens is 1. The maximum atomic E-state index is 14.2. The van der Waals surface area contributed by atoms with E-state index in [1.54, 1.807) is 4.90 Å². The number of rotatable bonds is 8. The summed E-state index contributed by atoms with van der Waals surface area (Å²) in [5.74, 6) is 1.77. The first kappa shape index (κ1) is 30.9. The van der Waals surface area contributed by atoms with Crippen molar-refractivity contribution in [3.63, 3.8) is 0 Å². The van der Waals surface area contributed by atoms with Gasteiger partial charge in [0.25, 0.3) is 11.8 Å². The lowest BCUT2D eigenvalue weighted by Gasteiger charge is -2.54. The molecule has 238 valence electrons. The van der Waals surface area contributed by atoms with Crippen LogP contribution in [0.1, 0.15) is 89.4 Å². The lowest BCUT2D eigenvalue weighted by Crippen LogP contribution is -2.61. The molecule has 1 amide bonds. The Morgan fingerprint density at radius 1 is 1.14 bits per heavy atom. The van der Waals surface area contributed by atoms with Gasteiger partial charge < -0.3 is 19.4 Å². The molecule has 0 bridgehead atoms. The van der Waals surface area contributed by atoms with Crippen molar-refractivity contribution in [2.75, 3.05) is 44.2 Å². The molecule has 1 unspecified atom stereocenters. The van der Waals surface area contributed by atoms with E-state index in [1.807, 2.05) is 20.8 Å². The molecular formula is C34H47FN6O3. The van der Waals surface area contributed by atoms with Crippen molar-refractivity contribution in [2.24, 2.45) is 22.7 Å². The van der Waals surface area contributed by atoms with Gasteiger partial charge in [0.2, 0.25) is 0 Å². The normalized spacial score (nSPS) is 26.8. The molecule has 2 aliphatic heterocycles. The number of carbonyl (C=O) groups excluding carboxylic acids is 2. The summed E-state index contributed by atoms with van der Waals surface area (Å²) < 4.78 is 20.4. The SMILES string of the molecule is CCN(C(=O)c1cc(F)ccc1Oc1nncnc1N1CC2(CCN(CC3CCC4(CC3)CC(=O)C(C)C4)CC2)C1)C(C)C. The molecule has 44 heavy (non-hydrogen) atoms. The number of piperidine rings is 1. The van der Waals surface area contributed by atoms with Crippen LogP contribution in [-0.2, 0) is 4.79 Å². The number of ether oxygens (including phenoxy) is 1. The second kappa shape index (κ2) is 12.3. The van der Waals surface area contributed by atoms with Crippen LogP contribution in [0.3, 0.4) is 0 Å². The third-order valence-corrected chi connectivity index (χ3v) is 11.0. The Labute approximate surface area is 260 Å². The number of carbonyl (C=O) groups is 2. The summed E-state index contributed by atoms with van der Waals surface area (Å²) >= 11 is 0. The van der Waals surface area contributed by atoms with Gasteiger partial charge in [-0.25, -0.2) is 9.37 Å². The highest BCUT2D eigenvalue weighted by molar-refractivity contribution is 5.97. The van der Waals surface area contributed by atoms with Crippen LogP contribution >= 0.6 is 0 Å². The molecule has 1 aromatic heterocycles. The molecule has 1 aromatic carbocycles. The minimum atomic E-state index is -0.499. The average Bonchev–Trinajstić information content (AvgIpc) is 3.27. The fourth-order valence-electron chi connectivity index (χ4n) is 8.34. The zero-order chi connectivity index (χ0) is 31.1. The van der Waals surface area contributed by atoms with E-state index >= 15 is 0 Å². The van der Waals surface area contributed by atoms with Crippen LogP contribution in [0.25, 0.3) is 0 Å². The maximum absolute atomic E-state index is 14.2. The second-order valence-electron chi connectivity index (χ2n) is 14.4. The number of nitrogens with zero attached hydrogens (tertiary/aromatic N) is 6. The number of hydrogen-bond acceptors (Lipinski definition) is 8. The molecule has 2 aromatic rings. The van der Waals surface area contributed by atoms with Crippen LogP contribution in [0.5, 0.6) is 11.6 Å². The third-order valence-electron chi connectivity index (χ3n) is 11.0. The standard InChI is InChI=1S/C34H47FN6O3/c1-5-41(23(2)3)32(43)27-16-26(35)6-7-29(27)44-31-30(36-22-37-38-31)40-20-34(21-40)12-14-39(15-13-34)19-25-8-10-33(11-9-25)17-24(4)28(42)18-33/h6-7,16,22-25H,5,8-15,17-21H2,1-4H3. The van der Waals surface area contributed by atoms with E-state index in [1.165, 1.54) is 56.8 Å². The Balaban J connectivity index is 1.04. The highest BCUT2D eigenvalue weighted by atomic mass is 19.1. The summed E-state index contributed by atoms with van der Waals surface area (Å²) in [6.07, 6.45) is 10.6. The van der Waals surface area contributed by atoms with Gasteiger partial charge in [0.05, 0.1) is 5.56 Å². The van der Waals surface area contributed by atoms with E-state index in [-0.39, 0.29) is 40.5 Å². The molecule has 2 saturated carbocycles. The summed E-state index contributed by atoms with van der Waals surface area (Å²) in [6, 6.07) is 3.95. The Bertz CT molecular complexity index is 1360. The van der Waals surface area contributed by atoms with Crippen molar-refractivity contribution < 1.29 is 18.7 Å². The molecular weight excluding hydrogens is 559 g/mol. The molecule has 2 aliphatic carbocycles. The van der Waals surface area contributed by atoms with Crippen molar-refractivity contribution >= 4 is 17.5 Å². The summed E-state index contributed by atoms with van der Waals surface area (Å²) in [7, 11) is 0. The minimum Gasteiger partial charge on any atom is -0.434 e. The maximum Gasteiger partial charge on any atom is 0.282 e. The van der Waals surface area contributed by atoms with E-state index < -0.39 is 5.82 Å². The van der Waals surface area contributed by atoms with Crippen molar-refractivity contribution in [3.05, 3.63) is 35.9 Å². The highest BCUT2D eigenvalue weighted by Gasteiger charge is 2.48. The van der Waals surface area contributed by atoms with Gasteiger partial charge in [0, 0.05) is 50.0 Å². The van der Waals surface area contributed by atoms with Crippen LogP contribution in [0.2, 0.25) is 0 Å². The second-order valence-corrected chi connectivity index (χ2v) is 14.4. The number of amides is 1. The Morgan fingerprint density at radius 2 is 1.86 bits per heavy atom. The van der Waals surface area contributed by atoms with Crippen LogP contribution in [-0.4, -0.2) is 82.0 Å². The van der Waals surface area contributed by atoms with Gasteiger partial charge in [-0.15, -0.1) is 10.2 Å². The first-order valence-electron chi connectivity index (χ1n) is 16.6. The molecule has 4 aliphatic rings. The molecule has 10 heteroatoms. The van der Waals surface area contributed by atoms with Gasteiger partial charge in [-0.2, -0.15) is 0 Å². The summed E-state index contributed by atoms with van der Waals surface area (Å²) in [5, 5.41) is 8.17. The molecule has 3 heterocycles. The van der Waals surface area contributed by atoms with Gasteiger partial charge in [-0.05, 0) is 108 Å². The van der Waals surface area contributed by atoms with E-state index in [9.17, 15) is 14.0 Å². The molecule has 1 atom stereocenters. The molecule has 4 fully saturated rings. The summed E-state index contributed by atoms with van der Waals surface area (Å²) in [5.41, 5.74) is 0.722. The number of likely N-dealkylation sites (tertiary alicyclic amines) is 1. The summed E-state index contributed by atoms with van der Waals surface area (Å²) in [4.78, 5) is 36.5. The van der Waals surface area contributed by atoms with Crippen molar-refractivity contribution in [2.45, 2.75) is 85.1 Å².